The Kier molecular flexibility index (Phi) is 7.82. The number of imidazole rings is 1. The predicted octanol–water partition coefficient (Wildman–Crippen LogP) is 3.93. The van der Waals surface area contributed by atoms with Gasteiger partial charge in [0.2, 0.25) is 5.91 Å². The molecule has 0 bridgehead atoms. The number of alkyl carbamates (subject to hydrolysis) is 1. The fourth-order valence-electron chi connectivity index (χ4n) is 5.79. The van der Waals surface area contributed by atoms with Crippen LogP contribution in [0.3, 0.4) is 0 Å². The zero-order valence-electron chi connectivity index (χ0n) is 25.2. The van der Waals surface area contributed by atoms with Gasteiger partial charge in [0.05, 0.1) is 42.0 Å². The Morgan fingerprint density at radius 1 is 1.15 bits per heavy atom. The highest BCUT2D eigenvalue weighted by Crippen LogP contribution is 2.38. The molecule has 0 spiro atoms. The molecule has 2 N–H and O–H groups in total. The van der Waals surface area contributed by atoms with E-state index in [1.54, 1.807) is 7.11 Å². The average molecular weight is 564 g/mol. The molecule has 2 amide bonds. The molecule has 2 aliphatic rings. The van der Waals surface area contributed by atoms with E-state index in [1.165, 1.54) is 7.11 Å². The molecule has 3 atom stereocenters. The SMILES string of the molecule is COC[C@H]1C[C@@H](c2nc3ccc4cc(B5OC(C)(C)C(C)(C)O5)ccc4c3[nH]2)N(C(=O)[C@@H](NC(=O)OC)C(C)C)C1. The second-order valence-electron chi connectivity index (χ2n) is 12.6. The lowest BCUT2D eigenvalue weighted by Crippen LogP contribution is -2.51. The van der Waals surface area contributed by atoms with Crippen LogP contribution in [0.1, 0.15) is 59.8 Å². The number of hydrogen-bond acceptors (Lipinski definition) is 7. The van der Waals surface area contributed by atoms with Gasteiger partial charge >= 0.3 is 13.2 Å². The maximum atomic E-state index is 13.8. The van der Waals surface area contributed by atoms with Gasteiger partial charge in [-0.1, -0.05) is 38.1 Å². The summed E-state index contributed by atoms with van der Waals surface area (Å²) >= 11 is 0. The van der Waals surface area contributed by atoms with Crippen molar-refractivity contribution in [2.24, 2.45) is 11.8 Å². The molecule has 1 aromatic heterocycles. The normalized spacial score (nSPS) is 22.6. The van der Waals surface area contributed by atoms with Crippen molar-refractivity contribution < 1.29 is 28.4 Å². The van der Waals surface area contributed by atoms with Crippen LogP contribution < -0.4 is 10.8 Å². The van der Waals surface area contributed by atoms with Crippen LogP contribution in [0, 0.1) is 11.8 Å². The third-order valence-electron chi connectivity index (χ3n) is 8.82. The first-order chi connectivity index (χ1) is 19.3. The number of ether oxygens (including phenoxy) is 2. The van der Waals surface area contributed by atoms with Crippen molar-refractivity contribution in [1.29, 1.82) is 0 Å². The maximum Gasteiger partial charge on any atom is 0.494 e. The number of carbonyl (C=O) groups excluding carboxylic acids is 2. The number of benzene rings is 2. The first kappa shape index (κ1) is 29.4. The summed E-state index contributed by atoms with van der Waals surface area (Å²) in [6.45, 7) is 13.0. The number of amides is 2. The van der Waals surface area contributed by atoms with Gasteiger partial charge in [0.25, 0.3) is 0 Å². The molecule has 3 aromatic rings. The zero-order chi connectivity index (χ0) is 29.7. The number of aromatic amines is 1. The second kappa shape index (κ2) is 10.9. The lowest BCUT2D eigenvalue weighted by atomic mass is 9.78. The number of methoxy groups -OCH3 is 2. The van der Waals surface area contributed by atoms with Crippen molar-refractivity contribution in [1.82, 2.24) is 20.2 Å². The molecule has 10 nitrogen and oxygen atoms in total. The van der Waals surface area contributed by atoms with E-state index in [-0.39, 0.29) is 23.8 Å². The molecule has 3 heterocycles. The van der Waals surface area contributed by atoms with E-state index in [9.17, 15) is 9.59 Å². The number of rotatable bonds is 7. The quantitative estimate of drug-likeness (QED) is 0.418. The number of likely N-dealkylation sites (tertiary alicyclic amines) is 1. The summed E-state index contributed by atoms with van der Waals surface area (Å²) < 4.78 is 22.8. The van der Waals surface area contributed by atoms with Crippen LogP contribution in [0.15, 0.2) is 30.3 Å². The topological polar surface area (TPSA) is 115 Å². The molecule has 0 radical (unpaired) electrons. The van der Waals surface area contributed by atoms with Crippen molar-refractivity contribution >= 4 is 46.4 Å². The summed E-state index contributed by atoms with van der Waals surface area (Å²) in [5, 5.41) is 4.78. The lowest BCUT2D eigenvalue weighted by Gasteiger charge is -2.32. The van der Waals surface area contributed by atoms with Gasteiger partial charge in [-0.05, 0) is 56.9 Å². The number of H-pyrrole nitrogens is 1. The van der Waals surface area contributed by atoms with Crippen molar-refractivity contribution in [3.05, 3.63) is 36.2 Å². The van der Waals surface area contributed by atoms with Crippen molar-refractivity contribution in [3.8, 4) is 0 Å². The highest BCUT2D eigenvalue weighted by atomic mass is 16.7. The molecule has 220 valence electrons. The molecule has 2 saturated heterocycles. The molecule has 41 heavy (non-hydrogen) atoms. The Balaban J connectivity index is 1.47. The maximum absolute atomic E-state index is 13.8. The molecule has 2 aromatic carbocycles. The number of carbonyl (C=O) groups is 2. The van der Waals surface area contributed by atoms with Crippen LogP contribution in [-0.4, -0.2) is 78.6 Å². The van der Waals surface area contributed by atoms with E-state index in [2.05, 4.69) is 28.5 Å². The van der Waals surface area contributed by atoms with Crippen LogP contribution in [0.4, 0.5) is 4.79 Å². The number of nitrogens with one attached hydrogen (secondary N) is 2. The molecule has 0 unspecified atom stereocenters. The molecule has 0 saturated carbocycles. The van der Waals surface area contributed by atoms with Crippen LogP contribution in [0.25, 0.3) is 21.8 Å². The van der Waals surface area contributed by atoms with Crippen LogP contribution >= 0.6 is 0 Å². The van der Waals surface area contributed by atoms with Crippen molar-refractivity contribution in [2.75, 3.05) is 27.4 Å². The second-order valence-corrected chi connectivity index (χ2v) is 12.6. The van der Waals surface area contributed by atoms with E-state index in [4.69, 9.17) is 23.8 Å². The Labute approximate surface area is 241 Å². The lowest BCUT2D eigenvalue weighted by molar-refractivity contribution is -0.135. The van der Waals surface area contributed by atoms with E-state index in [0.29, 0.717) is 19.6 Å². The summed E-state index contributed by atoms with van der Waals surface area (Å²) in [5.74, 6) is 0.579. The first-order valence-corrected chi connectivity index (χ1v) is 14.3. The number of nitrogens with zero attached hydrogens (tertiary/aromatic N) is 2. The zero-order valence-corrected chi connectivity index (χ0v) is 25.2. The predicted molar refractivity (Wildman–Crippen MR) is 158 cm³/mol. The fourth-order valence-corrected chi connectivity index (χ4v) is 5.79. The van der Waals surface area contributed by atoms with Gasteiger partial charge in [-0.25, -0.2) is 9.78 Å². The number of hydrogen-bond donors (Lipinski definition) is 2. The molecule has 11 heteroatoms. The molecule has 0 aliphatic carbocycles. The summed E-state index contributed by atoms with van der Waals surface area (Å²) in [6.07, 6.45) is 0.0725. The third kappa shape index (κ3) is 5.42. The summed E-state index contributed by atoms with van der Waals surface area (Å²) in [4.78, 5) is 36.1. The van der Waals surface area contributed by atoms with E-state index < -0.39 is 30.5 Å². The molecule has 5 rings (SSSR count). The standard InChI is InChI=1S/C30H41BN4O6/c1-17(2)24(34-28(37)39-8)27(36)35-15-18(16-38-7)13-23(35)26-32-22-12-9-19-14-20(10-11-21(19)25(22)33-26)31-40-29(3,4)30(5,6)41-31/h9-12,14,17-18,23-24H,13,15-16H2,1-8H3,(H,32,33)(H,34,37)/t18-,23-,24-/m0/s1. The van der Waals surface area contributed by atoms with Gasteiger partial charge < -0.3 is 34.0 Å². The minimum absolute atomic E-state index is 0.124. The fraction of sp³-hybridized carbons (Fsp3) is 0.567. The Bertz CT molecular complexity index is 1440. The smallest absolute Gasteiger partial charge is 0.453 e. The first-order valence-electron chi connectivity index (χ1n) is 14.3. The van der Waals surface area contributed by atoms with Crippen LogP contribution in [0.5, 0.6) is 0 Å². The monoisotopic (exact) mass is 564 g/mol. The van der Waals surface area contributed by atoms with Crippen molar-refractivity contribution in [3.63, 3.8) is 0 Å². The molecule has 2 fully saturated rings. The van der Waals surface area contributed by atoms with Gasteiger partial charge in [-0.15, -0.1) is 0 Å². The van der Waals surface area contributed by atoms with Gasteiger partial charge in [0.1, 0.15) is 11.9 Å². The van der Waals surface area contributed by atoms with E-state index >= 15 is 0 Å². The largest absolute Gasteiger partial charge is 0.494 e. The van der Waals surface area contributed by atoms with Gasteiger partial charge in [0.15, 0.2) is 0 Å². The number of aromatic nitrogens is 2. The minimum Gasteiger partial charge on any atom is -0.453 e. The minimum atomic E-state index is -0.718. The third-order valence-corrected chi connectivity index (χ3v) is 8.82. The van der Waals surface area contributed by atoms with E-state index in [0.717, 1.165) is 33.1 Å². The highest BCUT2D eigenvalue weighted by molar-refractivity contribution is 6.62. The van der Waals surface area contributed by atoms with Crippen LogP contribution in [-0.2, 0) is 23.6 Å². The molecular formula is C30H41BN4O6. The van der Waals surface area contributed by atoms with E-state index in [1.807, 2.05) is 58.6 Å². The Morgan fingerprint density at radius 2 is 1.85 bits per heavy atom. The summed E-state index contributed by atoms with van der Waals surface area (Å²) in [7, 11) is 2.52. The summed E-state index contributed by atoms with van der Waals surface area (Å²) in [5.41, 5.74) is 1.87. The Hall–Kier alpha value is -3.15. The molecular weight excluding hydrogens is 523 g/mol. The number of fused-ring (bicyclic) bond motifs is 3. The van der Waals surface area contributed by atoms with Gasteiger partial charge in [-0.3, -0.25) is 4.79 Å². The Morgan fingerprint density at radius 3 is 2.49 bits per heavy atom. The average Bonchev–Trinajstić information content (AvgIpc) is 3.59. The van der Waals surface area contributed by atoms with Crippen LogP contribution in [0.2, 0.25) is 0 Å². The molecule has 2 aliphatic heterocycles. The highest BCUT2D eigenvalue weighted by Gasteiger charge is 2.51. The van der Waals surface area contributed by atoms with Crippen molar-refractivity contribution in [2.45, 2.75) is 71.2 Å². The summed E-state index contributed by atoms with van der Waals surface area (Å²) in [6, 6.07) is 9.26. The van der Waals surface area contributed by atoms with Gasteiger partial charge in [0, 0.05) is 25.0 Å². The van der Waals surface area contributed by atoms with Gasteiger partial charge in [-0.2, -0.15) is 0 Å².